The maximum Gasteiger partial charge on any atom is 0.221 e. The van der Waals surface area contributed by atoms with Crippen molar-refractivity contribution in [1.29, 1.82) is 0 Å². The van der Waals surface area contributed by atoms with E-state index in [1.807, 2.05) is 13.8 Å². The Morgan fingerprint density at radius 1 is 1.50 bits per heavy atom. The van der Waals surface area contributed by atoms with Gasteiger partial charge in [-0.3, -0.25) is 0 Å². The van der Waals surface area contributed by atoms with Crippen LogP contribution in [0, 0.1) is 0 Å². The first kappa shape index (κ1) is 11.2. The fraction of sp³-hybridized carbons (Fsp3) is 0.556. The van der Waals surface area contributed by atoms with E-state index >= 15 is 0 Å². The molecule has 1 aromatic rings. The summed E-state index contributed by atoms with van der Waals surface area (Å²) in [4.78, 5) is 7.85. The Kier molecular flexibility index (Phi) is 4.10. The molecule has 4 nitrogen and oxygen atoms in total. The summed E-state index contributed by atoms with van der Waals surface area (Å²) in [5, 5.41) is 9.03. The Morgan fingerprint density at radius 2 is 2.21 bits per heavy atom. The Morgan fingerprint density at radius 3 is 2.79 bits per heavy atom. The molecule has 1 rings (SSSR count). The largest absolute Gasteiger partial charge is 0.475 e. The fourth-order valence-electron chi connectivity index (χ4n) is 1.10. The zero-order chi connectivity index (χ0) is 10.6. The molecular weight excluding hydrogens is 204 g/mol. The first-order chi connectivity index (χ1) is 6.66. The van der Waals surface area contributed by atoms with Crippen molar-refractivity contribution in [2.45, 2.75) is 19.8 Å². The van der Waals surface area contributed by atoms with Crippen LogP contribution in [-0.4, -0.2) is 28.3 Å². The van der Waals surface area contributed by atoms with Gasteiger partial charge >= 0.3 is 0 Å². The van der Waals surface area contributed by atoms with E-state index in [-0.39, 0.29) is 19.1 Å². The second-order valence-corrected chi connectivity index (χ2v) is 3.47. The average molecular weight is 217 g/mol. The number of hydrogen-bond donors (Lipinski definition) is 1. The molecule has 0 saturated heterocycles. The summed E-state index contributed by atoms with van der Waals surface area (Å²) < 4.78 is 5.24. The number of ether oxygens (including phenoxy) is 1. The lowest BCUT2D eigenvalue weighted by molar-refractivity contribution is 0.195. The van der Waals surface area contributed by atoms with Crippen LogP contribution in [0.25, 0.3) is 0 Å². The standard InChI is InChI=1S/C9H13ClN2O2/c1-6(2)7-8(10)11-5-12-9(7)14-4-3-13/h5-6,13H,3-4H2,1-2H3. The monoisotopic (exact) mass is 216 g/mol. The van der Waals surface area contributed by atoms with Gasteiger partial charge in [-0.1, -0.05) is 25.4 Å². The van der Waals surface area contributed by atoms with Gasteiger partial charge in [0.15, 0.2) is 0 Å². The van der Waals surface area contributed by atoms with E-state index in [1.54, 1.807) is 0 Å². The van der Waals surface area contributed by atoms with E-state index in [1.165, 1.54) is 6.33 Å². The molecule has 0 aliphatic heterocycles. The van der Waals surface area contributed by atoms with Crippen molar-refractivity contribution in [3.63, 3.8) is 0 Å². The first-order valence-electron chi connectivity index (χ1n) is 4.40. The molecule has 0 radical (unpaired) electrons. The van der Waals surface area contributed by atoms with E-state index in [0.29, 0.717) is 11.0 Å². The molecule has 1 heterocycles. The fourth-order valence-corrected chi connectivity index (χ4v) is 1.44. The van der Waals surface area contributed by atoms with Crippen LogP contribution >= 0.6 is 11.6 Å². The van der Waals surface area contributed by atoms with E-state index in [0.717, 1.165) is 5.56 Å². The molecular formula is C9H13ClN2O2. The molecule has 0 atom stereocenters. The van der Waals surface area contributed by atoms with E-state index in [2.05, 4.69) is 9.97 Å². The highest BCUT2D eigenvalue weighted by atomic mass is 35.5. The van der Waals surface area contributed by atoms with Gasteiger partial charge in [0, 0.05) is 0 Å². The molecule has 78 valence electrons. The summed E-state index contributed by atoms with van der Waals surface area (Å²) in [6.45, 7) is 4.14. The number of halogens is 1. The number of aliphatic hydroxyl groups is 1. The van der Waals surface area contributed by atoms with Gasteiger partial charge in [-0.2, -0.15) is 0 Å². The van der Waals surface area contributed by atoms with Crippen LogP contribution in [0.1, 0.15) is 25.3 Å². The second-order valence-electron chi connectivity index (χ2n) is 3.11. The van der Waals surface area contributed by atoms with Crippen molar-refractivity contribution in [3.8, 4) is 5.88 Å². The summed E-state index contributed by atoms with van der Waals surface area (Å²) in [5.74, 6) is 0.645. The molecule has 0 fully saturated rings. The molecule has 0 bridgehead atoms. The maximum absolute atomic E-state index is 8.62. The van der Waals surface area contributed by atoms with Crippen molar-refractivity contribution in [3.05, 3.63) is 17.0 Å². The molecule has 1 N–H and O–H groups in total. The third-order valence-electron chi connectivity index (χ3n) is 1.71. The van der Waals surface area contributed by atoms with Gasteiger partial charge in [0.25, 0.3) is 0 Å². The summed E-state index contributed by atoms with van der Waals surface area (Å²) in [6.07, 6.45) is 1.35. The molecule has 0 saturated carbocycles. The maximum atomic E-state index is 8.62. The van der Waals surface area contributed by atoms with Gasteiger partial charge < -0.3 is 9.84 Å². The lowest BCUT2D eigenvalue weighted by Crippen LogP contribution is -2.07. The summed E-state index contributed by atoms with van der Waals surface area (Å²) in [5.41, 5.74) is 0.780. The van der Waals surface area contributed by atoms with Crippen LogP contribution in [0.15, 0.2) is 6.33 Å². The minimum atomic E-state index is -0.0425. The van der Waals surface area contributed by atoms with Gasteiger partial charge in [0.05, 0.1) is 12.2 Å². The van der Waals surface area contributed by atoms with Crippen LogP contribution in [0.2, 0.25) is 5.15 Å². The van der Waals surface area contributed by atoms with Gasteiger partial charge in [0.1, 0.15) is 18.1 Å². The van der Waals surface area contributed by atoms with Gasteiger partial charge in [0.2, 0.25) is 5.88 Å². The normalized spacial score (nSPS) is 10.6. The smallest absolute Gasteiger partial charge is 0.221 e. The van der Waals surface area contributed by atoms with E-state index in [9.17, 15) is 0 Å². The van der Waals surface area contributed by atoms with Crippen LogP contribution in [0.4, 0.5) is 0 Å². The lowest BCUT2D eigenvalue weighted by Gasteiger charge is -2.12. The molecule has 0 amide bonds. The van der Waals surface area contributed by atoms with Crippen LogP contribution in [0.3, 0.4) is 0 Å². The Hall–Kier alpha value is -0.870. The lowest BCUT2D eigenvalue weighted by atomic mass is 10.1. The zero-order valence-corrected chi connectivity index (χ0v) is 8.95. The minimum absolute atomic E-state index is 0.0425. The Balaban J connectivity index is 2.96. The van der Waals surface area contributed by atoms with E-state index < -0.39 is 0 Å². The van der Waals surface area contributed by atoms with Crippen LogP contribution < -0.4 is 4.74 Å². The third kappa shape index (κ3) is 2.56. The predicted molar refractivity (Wildman–Crippen MR) is 53.7 cm³/mol. The Bertz CT molecular complexity index is 305. The van der Waals surface area contributed by atoms with Crippen LogP contribution in [0.5, 0.6) is 5.88 Å². The van der Waals surface area contributed by atoms with Gasteiger partial charge in [-0.05, 0) is 5.92 Å². The topological polar surface area (TPSA) is 55.2 Å². The third-order valence-corrected chi connectivity index (χ3v) is 2.01. The molecule has 1 aromatic heterocycles. The summed E-state index contributed by atoms with van der Waals surface area (Å²) in [6, 6.07) is 0. The SMILES string of the molecule is CC(C)c1c(Cl)ncnc1OCCO. The summed E-state index contributed by atoms with van der Waals surface area (Å²) in [7, 11) is 0. The molecule has 0 unspecified atom stereocenters. The highest BCUT2D eigenvalue weighted by Gasteiger charge is 2.14. The average Bonchev–Trinajstić information content (AvgIpc) is 2.14. The number of hydrogen-bond acceptors (Lipinski definition) is 4. The minimum Gasteiger partial charge on any atom is -0.475 e. The highest BCUT2D eigenvalue weighted by molar-refractivity contribution is 6.30. The number of aliphatic hydroxyl groups excluding tert-OH is 1. The highest BCUT2D eigenvalue weighted by Crippen LogP contribution is 2.29. The molecule has 0 aliphatic carbocycles. The predicted octanol–water partition coefficient (Wildman–Crippen LogP) is 1.62. The van der Waals surface area contributed by atoms with E-state index in [4.69, 9.17) is 21.4 Å². The van der Waals surface area contributed by atoms with Gasteiger partial charge in [-0.25, -0.2) is 9.97 Å². The molecule has 0 aromatic carbocycles. The first-order valence-corrected chi connectivity index (χ1v) is 4.78. The van der Waals surface area contributed by atoms with Crippen molar-refractivity contribution >= 4 is 11.6 Å². The molecule has 0 spiro atoms. The molecule has 0 aliphatic rings. The molecule has 14 heavy (non-hydrogen) atoms. The number of nitrogens with zero attached hydrogens (tertiary/aromatic N) is 2. The number of aromatic nitrogens is 2. The number of rotatable bonds is 4. The van der Waals surface area contributed by atoms with Crippen molar-refractivity contribution in [2.75, 3.05) is 13.2 Å². The Labute approximate surface area is 87.9 Å². The van der Waals surface area contributed by atoms with Gasteiger partial charge in [-0.15, -0.1) is 0 Å². The van der Waals surface area contributed by atoms with Crippen molar-refractivity contribution < 1.29 is 9.84 Å². The van der Waals surface area contributed by atoms with Crippen molar-refractivity contribution in [1.82, 2.24) is 9.97 Å². The quantitative estimate of drug-likeness (QED) is 0.778. The summed E-state index contributed by atoms with van der Waals surface area (Å²) >= 11 is 5.91. The van der Waals surface area contributed by atoms with Crippen molar-refractivity contribution in [2.24, 2.45) is 0 Å². The second kappa shape index (κ2) is 5.12. The molecule has 5 heteroatoms. The zero-order valence-electron chi connectivity index (χ0n) is 8.20. The van der Waals surface area contributed by atoms with Crippen LogP contribution in [-0.2, 0) is 0 Å².